The van der Waals surface area contributed by atoms with E-state index in [1.54, 1.807) is 12.1 Å². The number of hydrogen-bond donors (Lipinski definition) is 2. The van der Waals surface area contributed by atoms with E-state index in [9.17, 15) is 9.90 Å². The van der Waals surface area contributed by atoms with Crippen molar-refractivity contribution in [1.29, 1.82) is 0 Å². The van der Waals surface area contributed by atoms with Crippen molar-refractivity contribution >= 4 is 42.4 Å². The molecule has 7 heteroatoms. The van der Waals surface area contributed by atoms with Gasteiger partial charge in [-0.15, -0.1) is 24.8 Å². The van der Waals surface area contributed by atoms with Crippen LogP contribution >= 0.6 is 36.4 Å². The fourth-order valence-electron chi connectivity index (χ4n) is 3.13. The lowest BCUT2D eigenvalue weighted by atomic mass is 9.84. The Balaban J connectivity index is 0.00000364. The van der Waals surface area contributed by atoms with Crippen LogP contribution in [-0.2, 0) is 13.0 Å². The maximum atomic E-state index is 12.1. The third-order valence-electron chi connectivity index (χ3n) is 4.21. The number of benzene rings is 1. The first-order chi connectivity index (χ1) is 12.0. The summed E-state index contributed by atoms with van der Waals surface area (Å²) in [7, 11) is 0. The lowest BCUT2D eigenvalue weighted by molar-refractivity contribution is 0.0695. The van der Waals surface area contributed by atoms with Gasteiger partial charge < -0.3 is 10.8 Å². The first kappa shape index (κ1) is 26.7. The van der Waals surface area contributed by atoms with Crippen LogP contribution in [0.15, 0.2) is 24.3 Å². The number of carboxylic acids is 1. The predicted octanol–water partition coefficient (Wildman–Crippen LogP) is 6.11. The fourth-order valence-corrected chi connectivity index (χ4v) is 3.26. The normalized spacial score (nSPS) is 11.0. The average Bonchev–Trinajstić information content (AvgIpc) is 2.52. The molecule has 0 fully saturated rings. The zero-order valence-corrected chi connectivity index (χ0v) is 19.3. The molecule has 2 aromatic rings. The van der Waals surface area contributed by atoms with E-state index in [-0.39, 0.29) is 48.3 Å². The van der Waals surface area contributed by atoms with Gasteiger partial charge in [0, 0.05) is 22.8 Å². The largest absolute Gasteiger partial charge is 0.478 e. The van der Waals surface area contributed by atoms with Crippen molar-refractivity contribution < 1.29 is 9.90 Å². The second kappa shape index (κ2) is 10.4. The summed E-state index contributed by atoms with van der Waals surface area (Å²) >= 11 is 6.02. The van der Waals surface area contributed by atoms with E-state index in [0.29, 0.717) is 16.3 Å². The van der Waals surface area contributed by atoms with Crippen LogP contribution in [-0.4, -0.2) is 16.1 Å². The molecule has 0 aliphatic carbocycles. The zero-order valence-electron chi connectivity index (χ0n) is 16.9. The quantitative estimate of drug-likeness (QED) is 0.579. The molecule has 0 saturated heterocycles. The van der Waals surface area contributed by atoms with Crippen molar-refractivity contribution in [1.82, 2.24) is 4.98 Å². The Morgan fingerprint density at radius 3 is 2.11 bits per heavy atom. The molecule has 0 amide bonds. The third-order valence-corrected chi connectivity index (χ3v) is 4.46. The Labute approximate surface area is 184 Å². The highest BCUT2D eigenvalue weighted by molar-refractivity contribution is 6.30. The molecule has 0 bridgehead atoms. The number of carbonyl (C=O) groups is 1. The lowest BCUT2D eigenvalue weighted by Crippen LogP contribution is -2.20. The van der Waals surface area contributed by atoms with E-state index in [1.807, 2.05) is 26.0 Å². The van der Waals surface area contributed by atoms with Crippen LogP contribution in [0.25, 0.3) is 11.1 Å². The van der Waals surface area contributed by atoms with Crippen molar-refractivity contribution in [2.24, 2.45) is 11.1 Å². The number of rotatable bonds is 5. The molecule has 156 valence electrons. The van der Waals surface area contributed by atoms with Crippen LogP contribution in [0.5, 0.6) is 0 Å². The van der Waals surface area contributed by atoms with Gasteiger partial charge in [-0.3, -0.25) is 4.98 Å². The number of pyridine rings is 1. The van der Waals surface area contributed by atoms with Crippen LogP contribution in [0.4, 0.5) is 0 Å². The Kier molecular flexibility index (Phi) is 9.95. The third kappa shape index (κ3) is 6.08. The van der Waals surface area contributed by atoms with Gasteiger partial charge in [0.1, 0.15) is 0 Å². The molecule has 28 heavy (non-hydrogen) atoms. The summed E-state index contributed by atoms with van der Waals surface area (Å²) in [6.45, 7) is 10.6. The van der Waals surface area contributed by atoms with Crippen LogP contribution in [0.3, 0.4) is 0 Å². The minimum atomic E-state index is -0.983. The number of carboxylic acid groups (broad SMARTS) is 1. The van der Waals surface area contributed by atoms with Crippen LogP contribution < -0.4 is 5.73 Å². The summed E-state index contributed by atoms with van der Waals surface area (Å²) in [6.07, 6.45) is 0.722. The molecular weight excluding hydrogens is 419 g/mol. The van der Waals surface area contributed by atoms with Gasteiger partial charge in [-0.05, 0) is 41.0 Å². The second-order valence-corrected chi connectivity index (χ2v) is 8.52. The molecule has 1 heterocycles. The summed E-state index contributed by atoms with van der Waals surface area (Å²) in [5, 5.41) is 10.6. The molecule has 1 aromatic heterocycles. The predicted molar refractivity (Wildman–Crippen MR) is 121 cm³/mol. The SMILES string of the molecule is CC(C)c1nc(CC(C)(C)C)c(CN)c(-c2ccc(Cl)cc2)c1C(=O)O.Cl.Cl. The molecule has 2 rings (SSSR count). The molecule has 3 N–H and O–H groups in total. The number of nitrogens with zero attached hydrogens (tertiary/aromatic N) is 1. The summed E-state index contributed by atoms with van der Waals surface area (Å²) in [4.78, 5) is 16.9. The minimum absolute atomic E-state index is 0. The molecule has 0 unspecified atom stereocenters. The molecular formula is C21H29Cl3N2O2. The summed E-state index contributed by atoms with van der Waals surface area (Å²) in [6, 6.07) is 7.21. The maximum absolute atomic E-state index is 12.1. The molecule has 0 aliphatic heterocycles. The maximum Gasteiger partial charge on any atom is 0.338 e. The molecule has 4 nitrogen and oxygen atoms in total. The molecule has 1 aromatic carbocycles. The van der Waals surface area contributed by atoms with Gasteiger partial charge in [0.25, 0.3) is 0 Å². The van der Waals surface area contributed by atoms with Crippen molar-refractivity contribution in [3.8, 4) is 11.1 Å². The van der Waals surface area contributed by atoms with Crippen LogP contribution in [0.2, 0.25) is 5.02 Å². The molecule has 0 aliphatic rings. The summed E-state index contributed by atoms with van der Waals surface area (Å²) in [5.74, 6) is -0.999. The smallest absolute Gasteiger partial charge is 0.338 e. The van der Waals surface area contributed by atoms with Crippen molar-refractivity contribution in [3.63, 3.8) is 0 Å². The molecule has 0 spiro atoms. The Morgan fingerprint density at radius 1 is 1.18 bits per heavy atom. The Morgan fingerprint density at radius 2 is 1.71 bits per heavy atom. The van der Waals surface area contributed by atoms with Gasteiger partial charge in [-0.1, -0.05) is 58.4 Å². The van der Waals surface area contributed by atoms with E-state index < -0.39 is 5.97 Å². The standard InChI is InChI=1S/C21H27ClN2O2.2ClH/c1-12(2)19-18(20(25)26)17(13-6-8-14(22)9-7-13)15(11-23)16(24-19)10-21(3,4)5;;/h6-9,12H,10-11,23H2,1-5H3,(H,25,26);2*1H. The van der Waals surface area contributed by atoms with Gasteiger partial charge in [0.05, 0.1) is 11.3 Å². The number of aromatic carboxylic acids is 1. The van der Waals surface area contributed by atoms with Crippen LogP contribution in [0.1, 0.15) is 67.8 Å². The van der Waals surface area contributed by atoms with Crippen molar-refractivity contribution in [2.45, 2.75) is 53.5 Å². The highest BCUT2D eigenvalue weighted by atomic mass is 35.5. The molecule has 0 atom stereocenters. The molecule has 0 saturated carbocycles. The monoisotopic (exact) mass is 446 g/mol. The number of halogens is 3. The van der Waals surface area contributed by atoms with Crippen LogP contribution in [0, 0.1) is 5.41 Å². The minimum Gasteiger partial charge on any atom is -0.478 e. The number of nitrogens with two attached hydrogens (primary N) is 1. The average molecular weight is 448 g/mol. The topological polar surface area (TPSA) is 76.2 Å². The van der Waals surface area contributed by atoms with Gasteiger partial charge in [-0.25, -0.2) is 4.79 Å². The number of aromatic nitrogens is 1. The van der Waals surface area contributed by atoms with Crippen molar-refractivity contribution in [3.05, 3.63) is 51.8 Å². The Bertz CT molecular complexity index is 814. The summed E-state index contributed by atoms with van der Waals surface area (Å²) in [5.41, 5.74) is 10.0. The second-order valence-electron chi connectivity index (χ2n) is 8.08. The van der Waals surface area contributed by atoms with E-state index in [4.69, 9.17) is 22.3 Å². The fraction of sp³-hybridized carbons (Fsp3) is 0.429. The van der Waals surface area contributed by atoms with Crippen molar-refractivity contribution in [2.75, 3.05) is 0 Å². The van der Waals surface area contributed by atoms with E-state index >= 15 is 0 Å². The lowest BCUT2D eigenvalue weighted by Gasteiger charge is -2.25. The zero-order chi connectivity index (χ0) is 19.6. The van der Waals surface area contributed by atoms with Gasteiger partial charge >= 0.3 is 5.97 Å². The van der Waals surface area contributed by atoms with Gasteiger partial charge in [0.15, 0.2) is 0 Å². The first-order valence-corrected chi connectivity index (χ1v) is 9.18. The van der Waals surface area contributed by atoms with Gasteiger partial charge in [0.2, 0.25) is 0 Å². The molecule has 0 radical (unpaired) electrons. The first-order valence-electron chi connectivity index (χ1n) is 8.80. The highest BCUT2D eigenvalue weighted by Crippen LogP contribution is 2.36. The van der Waals surface area contributed by atoms with E-state index in [1.165, 1.54) is 0 Å². The van der Waals surface area contributed by atoms with E-state index in [2.05, 4.69) is 20.8 Å². The van der Waals surface area contributed by atoms with E-state index in [0.717, 1.165) is 23.2 Å². The number of hydrogen-bond acceptors (Lipinski definition) is 3. The summed E-state index contributed by atoms with van der Waals surface area (Å²) < 4.78 is 0. The Hall–Kier alpha value is -1.33. The highest BCUT2D eigenvalue weighted by Gasteiger charge is 2.27. The van der Waals surface area contributed by atoms with Gasteiger partial charge in [-0.2, -0.15) is 0 Å².